The third-order valence-corrected chi connectivity index (χ3v) is 3.79. The maximum atomic E-state index is 9.51. The van der Waals surface area contributed by atoms with Gasteiger partial charge >= 0.3 is 0 Å². The first-order chi connectivity index (χ1) is 8.76. The number of halogens is 1. The van der Waals surface area contributed by atoms with Crippen LogP contribution in [0.25, 0.3) is 0 Å². The molecule has 1 aliphatic rings. The van der Waals surface area contributed by atoms with E-state index in [0.29, 0.717) is 0 Å². The molecule has 0 amide bonds. The molecule has 0 bridgehead atoms. The molecule has 1 heterocycles. The van der Waals surface area contributed by atoms with Crippen LogP contribution >= 0.6 is 11.6 Å². The van der Waals surface area contributed by atoms with Crippen LogP contribution in [-0.2, 0) is 6.54 Å². The van der Waals surface area contributed by atoms with Crippen LogP contribution in [0, 0.1) is 0 Å². The summed E-state index contributed by atoms with van der Waals surface area (Å²) in [7, 11) is 1.93. The van der Waals surface area contributed by atoms with Crippen molar-refractivity contribution >= 4 is 17.3 Å². The summed E-state index contributed by atoms with van der Waals surface area (Å²) in [4.78, 5) is 2.33. The third kappa shape index (κ3) is 2.97. The number of nitrogens with zero attached hydrogens (tertiary/aromatic N) is 1. The SMILES string of the molecule is CNCc1cc(Cl)ccc1N1CCCCC1CO. The Kier molecular flexibility index (Phi) is 4.87. The van der Waals surface area contributed by atoms with Gasteiger partial charge in [-0.05, 0) is 50.1 Å². The molecule has 1 aromatic carbocycles. The number of anilines is 1. The van der Waals surface area contributed by atoms with Crippen molar-refractivity contribution in [1.82, 2.24) is 5.32 Å². The van der Waals surface area contributed by atoms with Gasteiger partial charge in [-0.25, -0.2) is 0 Å². The molecule has 1 fully saturated rings. The molecule has 18 heavy (non-hydrogen) atoms. The minimum Gasteiger partial charge on any atom is -0.394 e. The van der Waals surface area contributed by atoms with E-state index in [9.17, 15) is 5.11 Å². The zero-order valence-electron chi connectivity index (χ0n) is 10.8. The van der Waals surface area contributed by atoms with Crippen molar-refractivity contribution in [2.24, 2.45) is 0 Å². The predicted molar refractivity (Wildman–Crippen MR) is 76.3 cm³/mol. The van der Waals surface area contributed by atoms with E-state index in [1.54, 1.807) is 0 Å². The van der Waals surface area contributed by atoms with Crippen LogP contribution in [-0.4, -0.2) is 31.3 Å². The van der Waals surface area contributed by atoms with Gasteiger partial charge in [-0.15, -0.1) is 0 Å². The van der Waals surface area contributed by atoms with Gasteiger partial charge in [0.25, 0.3) is 0 Å². The Labute approximate surface area is 114 Å². The number of rotatable bonds is 4. The molecule has 1 unspecified atom stereocenters. The summed E-state index contributed by atoms with van der Waals surface area (Å²) in [5.41, 5.74) is 2.40. The minimum atomic E-state index is 0.224. The van der Waals surface area contributed by atoms with Gasteiger partial charge in [0.1, 0.15) is 0 Å². The Hall–Kier alpha value is -0.770. The van der Waals surface area contributed by atoms with Gasteiger partial charge in [-0.1, -0.05) is 11.6 Å². The van der Waals surface area contributed by atoms with Crippen molar-refractivity contribution in [2.75, 3.05) is 25.1 Å². The molecule has 0 aromatic heterocycles. The van der Waals surface area contributed by atoms with E-state index in [1.807, 2.05) is 19.2 Å². The van der Waals surface area contributed by atoms with E-state index >= 15 is 0 Å². The lowest BCUT2D eigenvalue weighted by Gasteiger charge is -2.37. The van der Waals surface area contributed by atoms with E-state index in [2.05, 4.69) is 16.3 Å². The molecule has 100 valence electrons. The van der Waals surface area contributed by atoms with Gasteiger partial charge in [-0.3, -0.25) is 0 Å². The molecule has 0 saturated carbocycles. The lowest BCUT2D eigenvalue weighted by atomic mass is 10.00. The molecule has 4 heteroatoms. The van der Waals surface area contributed by atoms with Gasteiger partial charge in [0.15, 0.2) is 0 Å². The van der Waals surface area contributed by atoms with Crippen molar-refractivity contribution < 1.29 is 5.11 Å². The third-order valence-electron chi connectivity index (χ3n) is 3.56. The predicted octanol–water partition coefficient (Wildman–Crippen LogP) is 2.41. The molecule has 2 rings (SSSR count). The quantitative estimate of drug-likeness (QED) is 0.880. The van der Waals surface area contributed by atoms with Crippen molar-refractivity contribution in [3.63, 3.8) is 0 Å². The molecule has 0 radical (unpaired) electrons. The van der Waals surface area contributed by atoms with Gasteiger partial charge < -0.3 is 15.3 Å². The molecule has 2 N–H and O–H groups in total. The normalized spacial score (nSPS) is 20.2. The number of piperidine rings is 1. The Morgan fingerprint density at radius 1 is 1.44 bits per heavy atom. The number of hydrogen-bond acceptors (Lipinski definition) is 3. The van der Waals surface area contributed by atoms with Crippen LogP contribution in [0.2, 0.25) is 5.02 Å². The van der Waals surface area contributed by atoms with Crippen molar-refractivity contribution in [3.05, 3.63) is 28.8 Å². The topological polar surface area (TPSA) is 35.5 Å². The summed E-state index contributed by atoms with van der Waals surface area (Å²) in [6.45, 7) is 2.04. The van der Waals surface area contributed by atoms with Crippen LogP contribution in [0.15, 0.2) is 18.2 Å². The highest BCUT2D eigenvalue weighted by Crippen LogP contribution is 2.29. The number of aliphatic hydroxyl groups is 1. The van der Waals surface area contributed by atoms with Crippen molar-refractivity contribution in [2.45, 2.75) is 31.8 Å². The smallest absolute Gasteiger partial charge is 0.0635 e. The highest BCUT2D eigenvalue weighted by Gasteiger charge is 2.23. The van der Waals surface area contributed by atoms with Gasteiger partial charge in [-0.2, -0.15) is 0 Å². The van der Waals surface area contributed by atoms with Crippen LogP contribution in [0.4, 0.5) is 5.69 Å². The van der Waals surface area contributed by atoms with E-state index in [1.165, 1.54) is 24.1 Å². The lowest BCUT2D eigenvalue weighted by molar-refractivity contribution is 0.240. The van der Waals surface area contributed by atoms with E-state index < -0.39 is 0 Å². The summed E-state index contributed by atoms with van der Waals surface area (Å²) < 4.78 is 0. The monoisotopic (exact) mass is 268 g/mol. The number of benzene rings is 1. The average molecular weight is 269 g/mol. The molecule has 1 atom stereocenters. The summed E-state index contributed by atoms with van der Waals surface area (Å²) in [5.74, 6) is 0. The summed E-state index contributed by atoms with van der Waals surface area (Å²) in [6, 6.07) is 6.26. The molecular formula is C14H21ClN2O. The van der Waals surface area contributed by atoms with Crippen molar-refractivity contribution in [1.29, 1.82) is 0 Å². The van der Waals surface area contributed by atoms with Crippen LogP contribution in [0.3, 0.4) is 0 Å². The zero-order chi connectivity index (χ0) is 13.0. The molecule has 1 aliphatic heterocycles. The zero-order valence-corrected chi connectivity index (χ0v) is 11.6. The van der Waals surface area contributed by atoms with E-state index in [-0.39, 0.29) is 12.6 Å². The Bertz CT molecular complexity index is 397. The highest BCUT2D eigenvalue weighted by atomic mass is 35.5. The maximum absolute atomic E-state index is 9.51. The lowest BCUT2D eigenvalue weighted by Crippen LogP contribution is -2.42. The fraction of sp³-hybridized carbons (Fsp3) is 0.571. The summed E-state index contributed by atoms with van der Waals surface area (Å²) in [6.07, 6.45) is 3.47. The summed E-state index contributed by atoms with van der Waals surface area (Å²) in [5, 5.41) is 13.5. The fourth-order valence-corrected chi connectivity index (χ4v) is 2.87. The average Bonchev–Trinajstić information content (AvgIpc) is 2.39. The molecule has 1 saturated heterocycles. The molecule has 1 aromatic rings. The fourth-order valence-electron chi connectivity index (χ4n) is 2.67. The Morgan fingerprint density at radius 2 is 2.28 bits per heavy atom. The molecule has 3 nitrogen and oxygen atoms in total. The van der Waals surface area contributed by atoms with Crippen LogP contribution < -0.4 is 10.2 Å². The second-order valence-corrected chi connectivity index (χ2v) is 5.27. The van der Waals surface area contributed by atoms with E-state index in [0.717, 1.165) is 24.5 Å². The number of nitrogens with one attached hydrogen (secondary N) is 1. The van der Waals surface area contributed by atoms with Crippen LogP contribution in [0.1, 0.15) is 24.8 Å². The Balaban J connectivity index is 2.29. The number of hydrogen-bond donors (Lipinski definition) is 2. The van der Waals surface area contributed by atoms with E-state index in [4.69, 9.17) is 11.6 Å². The first kappa shape index (κ1) is 13.7. The highest BCUT2D eigenvalue weighted by molar-refractivity contribution is 6.30. The van der Waals surface area contributed by atoms with Gasteiger partial charge in [0, 0.05) is 23.8 Å². The van der Waals surface area contributed by atoms with Gasteiger partial charge in [0.05, 0.1) is 12.6 Å². The summed E-state index contributed by atoms with van der Waals surface area (Å²) >= 11 is 6.07. The Morgan fingerprint density at radius 3 is 3.00 bits per heavy atom. The minimum absolute atomic E-state index is 0.224. The first-order valence-electron chi connectivity index (χ1n) is 6.56. The molecular weight excluding hydrogens is 248 g/mol. The van der Waals surface area contributed by atoms with Crippen molar-refractivity contribution in [3.8, 4) is 0 Å². The van der Waals surface area contributed by atoms with Gasteiger partial charge in [0.2, 0.25) is 0 Å². The van der Waals surface area contributed by atoms with Crippen LogP contribution in [0.5, 0.6) is 0 Å². The second kappa shape index (κ2) is 6.41. The second-order valence-electron chi connectivity index (χ2n) is 4.83. The first-order valence-corrected chi connectivity index (χ1v) is 6.94. The molecule has 0 aliphatic carbocycles. The number of aliphatic hydroxyl groups excluding tert-OH is 1. The standard InChI is InChI=1S/C14H21ClN2O/c1-16-9-11-8-12(15)5-6-14(11)17-7-3-2-4-13(17)10-18/h5-6,8,13,16,18H,2-4,7,9-10H2,1H3. The largest absolute Gasteiger partial charge is 0.394 e. The maximum Gasteiger partial charge on any atom is 0.0635 e. The molecule has 0 spiro atoms.